The Kier molecular flexibility index (Phi) is 5.12. The molecule has 0 heterocycles. The van der Waals surface area contributed by atoms with Crippen LogP contribution in [-0.4, -0.2) is 27.4 Å². The van der Waals surface area contributed by atoms with Crippen LogP contribution in [-0.2, 0) is 6.54 Å². The summed E-state index contributed by atoms with van der Waals surface area (Å²) in [4.78, 5) is 0. The number of nitrogens with one attached hydrogen (secondary N) is 1. The van der Waals surface area contributed by atoms with Crippen LogP contribution < -0.4 is 19.5 Å². The fourth-order valence-electron chi connectivity index (χ4n) is 2.47. The van der Waals surface area contributed by atoms with Gasteiger partial charge in [-0.05, 0) is 37.0 Å². The first-order valence-corrected chi connectivity index (χ1v) is 7.20. The number of methoxy groups -OCH3 is 3. The summed E-state index contributed by atoms with van der Waals surface area (Å²) in [5.41, 5.74) is 1.14. The lowest BCUT2D eigenvalue weighted by Gasteiger charge is -2.16. The molecule has 1 atom stereocenters. The summed E-state index contributed by atoms with van der Waals surface area (Å²) in [5, 5.41) is 3.56. The number of benzene rings is 1. The Morgan fingerprint density at radius 3 is 2.15 bits per heavy atom. The van der Waals surface area contributed by atoms with Gasteiger partial charge in [-0.3, -0.25) is 0 Å². The van der Waals surface area contributed by atoms with Gasteiger partial charge in [0.15, 0.2) is 11.5 Å². The van der Waals surface area contributed by atoms with Gasteiger partial charge in [0, 0.05) is 12.6 Å². The van der Waals surface area contributed by atoms with E-state index in [0.29, 0.717) is 23.3 Å². The zero-order valence-corrected chi connectivity index (χ0v) is 12.9. The minimum Gasteiger partial charge on any atom is -0.493 e. The van der Waals surface area contributed by atoms with Crippen molar-refractivity contribution in [3.05, 3.63) is 17.7 Å². The Balaban J connectivity index is 2.02. The molecule has 1 aliphatic rings. The third-order valence-electron chi connectivity index (χ3n) is 3.76. The van der Waals surface area contributed by atoms with Crippen molar-refractivity contribution < 1.29 is 14.2 Å². The van der Waals surface area contributed by atoms with Crippen molar-refractivity contribution in [2.24, 2.45) is 5.92 Å². The van der Waals surface area contributed by atoms with Gasteiger partial charge in [-0.25, -0.2) is 0 Å². The Bertz CT molecular complexity index is 418. The van der Waals surface area contributed by atoms with Crippen LogP contribution in [0.4, 0.5) is 0 Å². The molecule has 0 aliphatic heterocycles. The lowest BCUT2D eigenvalue weighted by molar-refractivity contribution is 0.323. The molecule has 0 bridgehead atoms. The number of rotatable bonds is 8. The summed E-state index contributed by atoms with van der Waals surface area (Å²) < 4.78 is 16.1. The summed E-state index contributed by atoms with van der Waals surface area (Å²) in [6.45, 7) is 3.06. The molecule has 1 unspecified atom stereocenters. The van der Waals surface area contributed by atoms with E-state index >= 15 is 0 Å². The maximum Gasteiger partial charge on any atom is 0.203 e. The topological polar surface area (TPSA) is 39.7 Å². The lowest BCUT2D eigenvalue weighted by Crippen LogP contribution is -2.25. The summed E-state index contributed by atoms with van der Waals surface area (Å²) in [7, 11) is 4.91. The van der Waals surface area contributed by atoms with E-state index in [-0.39, 0.29) is 0 Å². The average molecular weight is 279 g/mol. The zero-order chi connectivity index (χ0) is 14.5. The number of hydrogen-bond donors (Lipinski definition) is 1. The van der Waals surface area contributed by atoms with Crippen LogP contribution in [0.1, 0.15) is 31.7 Å². The van der Waals surface area contributed by atoms with E-state index in [1.807, 2.05) is 12.1 Å². The Morgan fingerprint density at radius 1 is 1.10 bits per heavy atom. The average Bonchev–Trinajstić information content (AvgIpc) is 3.27. The molecule has 0 saturated heterocycles. The largest absolute Gasteiger partial charge is 0.493 e. The molecule has 1 fully saturated rings. The van der Waals surface area contributed by atoms with Crippen LogP contribution in [0.3, 0.4) is 0 Å². The van der Waals surface area contributed by atoms with Gasteiger partial charge < -0.3 is 19.5 Å². The fraction of sp³-hybridized carbons (Fsp3) is 0.625. The van der Waals surface area contributed by atoms with E-state index in [1.54, 1.807) is 21.3 Å². The minimum atomic E-state index is 0.543. The molecular weight excluding hydrogens is 254 g/mol. The van der Waals surface area contributed by atoms with E-state index in [9.17, 15) is 0 Å². The molecule has 4 heteroatoms. The van der Waals surface area contributed by atoms with Crippen molar-refractivity contribution in [1.29, 1.82) is 0 Å². The summed E-state index contributed by atoms with van der Waals surface area (Å²) in [6, 6.07) is 4.54. The number of ether oxygens (including phenoxy) is 3. The minimum absolute atomic E-state index is 0.543. The first kappa shape index (κ1) is 15.0. The number of hydrogen-bond acceptors (Lipinski definition) is 4. The summed E-state index contributed by atoms with van der Waals surface area (Å²) >= 11 is 0. The van der Waals surface area contributed by atoms with Gasteiger partial charge in [0.25, 0.3) is 0 Å². The first-order chi connectivity index (χ1) is 9.67. The van der Waals surface area contributed by atoms with Gasteiger partial charge in [0.05, 0.1) is 21.3 Å². The highest BCUT2D eigenvalue weighted by Crippen LogP contribution is 2.38. The van der Waals surface area contributed by atoms with Crippen LogP contribution in [0.2, 0.25) is 0 Å². The Morgan fingerprint density at radius 2 is 1.70 bits per heavy atom. The Labute approximate surface area is 121 Å². The van der Waals surface area contributed by atoms with E-state index in [1.165, 1.54) is 19.3 Å². The van der Waals surface area contributed by atoms with E-state index in [4.69, 9.17) is 14.2 Å². The monoisotopic (exact) mass is 279 g/mol. The van der Waals surface area contributed by atoms with Gasteiger partial charge in [0.2, 0.25) is 5.75 Å². The first-order valence-electron chi connectivity index (χ1n) is 7.20. The normalized spacial score (nSPS) is 15.8. The van der Waals surface area contributed by atoms with Gasteiger partial charge in [-0.2, -0.15) is 0 Å². The smallest absolute Gasteiger partial charge is 0.203 e. The molecular formula is C16H25NO3. The van der Waals surface area contributed by atoms with Gasteiger partial charge in [-0.15, -0.1) is 0 Å². The molecule has 0 aromatic heterocycles. The van der Waals surface area contributed by atoms with Crippen molar-refractivity contribution in [2.45, 2.75) is 38.8 Å². The molecule has 0 amide bonds. The molecule has 0 radical (unpaired) electrons. The van der Waals surface area contributed by atoms with Crippen molar-refractivity contribution in [1.82, 2.24) is 5.32 Å². The maximum atomic E-state index is 5.37. The predicted molar refractivity (Wildman–Crippen MR) is 79.7 cm³/mol. The molecule has 1 saturated carbocycles. The highest BCUT2D eigenvalue weighted by atomic mass is 16.5. The van der Waals surface area contributed by atoms with Crippen molar-refractivity contribution in [2.75, 3.05) is 21.3 Å². The van der Waals surface area contributed by atoms with Crippen LogP contribution >= 0.6 is 0 Å². The molecule has 1 N–H and O–H groups in total. The predicted octanol–water partition coefficient (Wildman–Crippen LogP) is 2.99. The Hall–Kier alpha value is -1.42. The molecule has 1 aliphatic carbocycles. The lowest BCUT2D eigenvalue weighted by atomic mass is 10.1. The SMILES string of the molecule is COc1cc(CNC(C)CC2CC2)cc(OC)c1OC. The van der Waals surface area contributed by atoms with E-state index in [2.05, 4.69) is 12.2 Å². The third kappa shape index (κ3) is 3.79. The second kappa shape index (κ2) is 6.84. The molecule has 1 aromatic carbocycles. The van der Waals surface area contributed by atoms with Gasteiger partial charge >= 0.3 is 0 Å². The highest BCUT2D eigenvalue weighted by Gasteiger charge is 2.23. The van der Waals surface area contributed by atoms with Crippen LogP contribution in [0.25, 0.3) is 0 Å². The van der Waals surface area contributed by atoms with Crippen LogP contribution in [0.15, 0.2) is 12.1 Å². The van der Waals surface area contributed by atoms with Crippen LogP contribution in [0, 0.1) is 5.92 Å². The molecule has 4 nitrogen and oxygen atoms in total. The summed E-state index contributed by atoms with van der Waals surface area (Å²) in [5.74, 6) is 3.00. The molecule has 1 aromatic rings. The van der Waals surface area contributed by atoms with Crippen molar-refractivity contribution in [3.8, 4) is 17.2 Å². The maximum absolute atomic E-state index is 5.37. The fourth-order valence-corrected chi connectivity index (χ4v) is 2.47. The molecule has 2 rings (SSSR count). The highest BCUT2D eigenvalue weighted by molar-refractivity contribution is 5.53. The van der Waals surface area contributed by atoms with E-state index in [0.717, 1.165) is 18.0 Å². The van der Waals surface area contributed by atoms with Gasteiger partial charge in [-0.1, -0.05) is 12.8 Å². The van der Waals surface area contributed by atoms with Crippen LogP contribution in [0.5, 0.6) is 17.2 Å². The standard InChI is InChI=1S/C16H25NO3/c1-11(7-12-5-6-12)17-10-13-8-14(18-2)16(20-4)15(9-13)19-3/h8-9,11-12,17H,5-7,10H2,1-4H3. The van der Waals surface area contributed by atoms with Crippen molar-refractivity contribution in [3.63, 3.8) is 0 Å². The third-order valence-corrected chi connectivity index (χ3v) is 3.76. The zero-order valence-electron chi connectivity index (χ0n) is 12.9. The molecule has 112 valence electrons. The molecule has 0 spiro atoms. The molecule has 20 heavy (non-hydrogen) atoms. The van der Waals surface area contributed by atoms with Crippen molar-refractivity contribution >= 4 is 0 Å². The second-order valence-electron chi connectivity index (χ2n) is 5.49. The van der Waals surface area contributed by atoms with E-state index < -0.39 is 0 Å². The second-order valence-corrected chi connectivity index (χ2v) is 5.49. The summed E-state index contributed by atoms with van der Waals surface area (Å²) in [6.07, 6.45) is 4.07. The quantitative estimate of drug-likeness (QED) is 0.794. The van der Waals surface area contributed by atoms with Gasteiger partial charge in [0.1, 0.15) is 0 Å².